The van der Waals surface area contributed by atoms with Crippen molar-refractivity contribution in [3.05, 3.63) is 53.5 Å². The molecular weight excluding hydrogens is 471 g/mol. The standard InChI is InChI=1S/C20H20IN4O3/c26-20(23-14-3-1-2-4-14)25-19-8-6-15-16(24-19)9-13(11-22-15)12-5-7-17-18(10-12)28-21-27-17/h5-11,14,16,24H,1-4H2,(H2,23,25,26)/q-1. The number of amides is 2. The molecule has 1 fully saturated rings. The Morgan fingerprint density at radius 2 is 2.04 bits per heavy atom. The fourth-order valence-corrected chi connectivity index (χ4v) is 4.92. The number of dihydropyridines is 2. The smallest absolute Gasteiger partial charge is 0.0513 e. The van der Waals surface area contributed by atoms with E-state index in [9.17, 15) is 4.79 Å². The van der Waals surface area contributed by atoms with Crippen molar-refractivity contribution in [2.45, 2.75) is 37.8 Å². The number of benzene rings is 1. The van der Waals surface area contributed by atoms with Gasteiger partial charge in [0.1, 0.15) is 0 Å². The minimum Gasteiger partial charge on any atom is -0.0513 e. The van der Waals surface area contributed by atoms with Crippen LogP contribution in [0.25, 0.3) is 5.57 Å². The first kappa shape index (κ1) is 17.6. The number of nitrogens with zero attached hydrogens (tertiary/aromatic N) is 1. The van der Waals surface area contributed by atoms with E-state index in [4.69, 9.17) is 6.13 Å². The molecule has 4 aliphatic rings. The molecule has 3 N–H and O–H groups in total. The Kier molecular flexibility index (Phi) is 4.71. The Bertz CT molecular complexity index is 931. The normalized spacial score (nSPS) is 22.9. The third kappa shape index (κ3) is 3.60. The van der Waals surface area contributed by atoms with Crippen LogP contribution in [0, 0.1) is 0 Å². The van der Waals surface area contributed by atoms with Gasteiger partial charge in [0.05, 0.1) is 0 Å². The van der Waals surface area contributed by atoms with E-state index >= 15 is 0 Å². The van der Waals surface area contributed by atoms with Gasteiger partial charge < -0.3 is 0 Å². The zero-order chi connectivity index (χ0) is 18.9. The zero-order valence-corrected chi connectivity index (χ0v) is 17.2. The molecule has 1 unspecified atom stereocenters. The second kappa shape index (κ2) is 7.50. The van der Waals surface area contributed by atoms with Gasteiger partial charge in [0, 0.05) is 6.04 Å². The first-order valence-corrected chi connectivity index (χ1v) is 11.2. The second-order valence-electron chi connectivity index (χ2n) is 7.13. The summed E-state index contributed by atoms with van der Waals surface area (Å²) in [6.07, 6.45) is 12.2. The molecule has 3 heterocycles. The molecule has 1 aromatic rings. The third-order valence-corrected chi connectivity index (χ3v) is 6.50. The van der Waals surface area contributed by atoms with Gasteiger partial charge in [-0.25, -0.2) is 0 Å². The number of urea groups is 1. The SMILES string of the molecule is O=C(NC1=CC=C2N=CC(c3ccc4c(c3)O[I-]O4)=CC2N1)NC1CCCC1. The van der Waals surface area contributed by atoms with Crippen molar-refractivity contribution in [2.75, 3.05) is 0 Å². The monoisotopic (exact) mass is 491 g/mol. The second-order valence-corrected chi connectivity index (χ2v) is 8.37. The van der Waals surface area contributed by atoms with Crippen LogP contribution in [0.15, 0.2) is 52.9 Å². The zero-order valence-electron chi connectivity index (χ0n) is 15.1. The molecule has 28 heavy (non-hydrogen) atoms. The van der Waals surface area contributed by atoms with E-state index < -0.39 is 22.0 Å². The van der Waals surface area contributed by atoms with E-state index in [0.29, 0.717) is 5.82 Å². The number of carbonyl (C=O) groups excluding carboxylic acids is 1. The predicted octanol–water partition coefficient (Wildman–Crippen LogP) is -0.216. The van der Waals surface area contributed by atoms with Crippen LogP contribution in [0.3, 0.4) is 0 Å². The summed E-state index contributed by atoms with van der Waals surface area (Å²) in [5, 5.41) is 9.29. The summed E-state index contributed by atoms with van der Waals surface area (Å²) in [4.78, 5) is 16.8. The molecule has 8 heteroatoms. The van der Waals surface area contributed by atoms with E-state index in [1.807, 2.05) is 36.6 Å². The van der Waals surface area contributed by atoms with Gasteiger partial charge in [0.25, 0.3) is 0 Å². The maximum absolute atomic E-state index is 12.2. The Morgan fingerprint density at radius 1 is 1.18 bits per heavy atom. The van der Waals surface area contributed by atoms with Gasteiger partial charge in [-0.05, 0) is 12.8 Å². The van der Waals surface area contributed by atoms with Crippen molar-refractivity contribution in [2.24, 2.45) is 4.99 Å². The summed E-state index contributed by atoms with van der Waals surface area (Å²) in [6.45, 7) is 0. The van der Waals surface area contributed by atoms with E-state index in [1.165, 1.54) is 12.8 Å². The van der Waals surface area contributed by atoms with Crippen molar-refractivity contribution in [3.8, 4) is 11.5 Å². The van der Waals surface area contributed by atoms with Crippen molar-refractivity contribution in [3.63, 3.8) is 0 Å². The van der Waals surface area contributed by atoms with Gasteiger partial charge in [0.15, 0.2) is 0 Å². The number of hydrogen-bond donors (Lipinski definition) is 3. The molecule has 0 saturated heterocycles. The molecule has 1 aliphatic carbocycles. The van der Waals surface area contributed by atoms with Crippen molar-refractivity contribution >= 4 is 17.8 Å². The van der Waals surface area contributed by atoms with E-state index in [0.717, 1.165) is 41.2 Å². The molecule has 7 nitrogen and oxygen atoms in total. The predicted molar refractivity (Wildman–Crippen MR) is 101 cm³/mol. The molecule has 3 aliphatic heterocycles. The van der Waals surface area contributed by atoms with Gasteiger partial charge in [-0.1, -0.05) is 12.8 Å². The molecule has 0 bridgehead atoms. The fourth-order valence-electron chi connectivity index (χ4n) is 3.74. The van der Waals surface area contributed by atoms with Gasteiger partial charge in [-0.2, -0.15) is 0 Å². The third-order valence-electron chi connectivity index (χ3n) is 5.19. The minimum atomic E-state index is -0.681. The molecule has 0 spiro atoms. The summed E-state index contributed by atoms with van der Waals surface area (Å²) in [7, 11) is 0. The van der Waals surface area contributed by atoms with Gasteiger partial charge >= 0.3 is 143 Å². The van der Waals surface area contributed by atoms with Crippen LogP contribution in [0.5, 0.6) is 11.5 Å². The van der Waals surface area contributed by atoms with Gasteiger partial charge in [0.2, 0.25) is 0 Å². The number of rotatable bonds is 3. The van der Waals surface area contributed by atoms with Crippen LogP contribution >= 0.6 is 0 Å². The summed E-state index contributed by atoms with van der Waals surface area (Å²) in [6, 6.07) is 5.97. The van der Waals surface area contributed by atoms with Crippen LogP contribution in [0.4, 0.5) is 4.79 Å². The van der Waals surface area contributed by atoms with Crippen LogP contribution in [-0.4, -0.2) is 24.3 Å². The molecule has 5 rings (SSSR count). The van der Waals surface area contributed by atoms with Crippen molar-refractivity contribution in [1.82, 2.24) is 16.0 Å². The molecular formula is C20H20IN4O3-. The Morgan fingerprint density at radius 3 is 2.93 bits per heavy atom. The molecule has 1 saturated carbocycles. The Hall–Kier alpha value is -2.49. The van der Waals surface area contributed by atoms with E-state index in [-0.39, 0.29) is 18.1 Å². The molecule has 0 radical (unpaired) electrons. The Labute approximate surface area is 174 Å². The molecule has 1 aromatic carbocycles. The van der Waals surface area contributed by atoms with Crippen LogP contribution in [0.2, 0.25) is 0 Å². The molecule has 146 valence electrons. The fraction of sp³-hybridized carbons (Fsp3) is 0.300. The number of halogens is 1. The number of hydrogen-bond acceptors (Lipinski definition) is 5. The molecule has 1 atom stereocenters. The van der Waals surface area contributed by atoms with Crippen LogP contribution in [0.1, 0.15) is 31.2 Å². The minimum absolute atomic E-state index is 0.0929. The maximum atomic E-state index is 12.2. The molecule has 0 aromatic heterocycles. The van der Waals surface area contributed by atoms with Gasteiger partial charge in [-0.3, -0.25) is 0 Å². The summed E-state index contributed by atoms with van der Waals surface area (Å²) < 4.78 is 11.1. The summed E-state index contributed by atoms with van der Waals surface area (Å²) in [5.74, 6) is 2.28. The first-order chi connectivity index (χ1) is 13.7. The van der Waals surface area contributed by atoms with Crippen molar-refractivity contribution < 1.29 is 33.0 Å². The van der Waals surface area contributed by atoms with Gasteiger partial charge in [-0.15, -0.1) is 0 Å². The quantitative estimate of drug-likeness (QED) is 0.511. The summed E-state index contributed by atoms with van der Waals surface area (Å²) in [5.41, 5.74) is 2.95. The number of carbonyl (C=O) groups is 1. The summed E-state index contributed by atoms with van der Waals surface area (Å²) >= 11 is -0.681. The number of allylic oxidation sites excluding steroid dienone is 3. The van der Waals surface area contributed by atoms with Crippen LogP contribution in [-0.2, 0) is 0 Å². The van der Waals surface area contributed by atoms with E-state index in [1.54, 1.807) is 0 Å². The number of aliphatic imine (C=N–C) groups is 1. The number of fused-ring (bicyclic) bond motifs is 2. The first-order valence-electron chi connectivity index (χ1n) is 9.39. The van der Waals surface area contributed by atoms with Crippen LogP contribution < -0.4 is 44.1 Å². The van der Waals surface area contributed by atoms with Crippen molar-refractivity contribution in [1.29, 1.82) is 0 Å². The topological polar surface area (TPSA) is 84.0 Å². The van der Waals surface area contributed by atoms with E-state index in [2.05, 4.69) is 27.0 Å². The average molecular weight is 491 g/mol. The molecule has 2 amide bonds. The number of nitrogens with one attached hydrogen (secondary N) is 3. The average Bonchev–Trinajstić information content (AvgIpc) is 3.38. The Balaban J connectivity index is 1.27.